The van der Waals surface area contributed by atoms with Crippen LogP contribution >= 0.6 is 19.2 Å². The van der Waals surface area contributed by atoms with Crippen molar-refractivity contribution in [1.29, 1.82) is 0 Å². The summed E-state index contributed by atoms with van der Waals surface area (Å²) in [5, 5.41) is 0.478. The lowest BCUT2D eigenvalue weighted by atomic mass is 10.1. The highest BCUT2D eigenvalue weighted by Gasteiger charge is 2.43. The fraction of sp³-hybridized carbons (Fsp3) is 0.462. The van der Waals surface area contributed by atoms with Crippen molar-refractivity contribution in [3.05, 3.63) is 28.8 Å². The number of ether oxygens (including phenoxy) is 1. The van der Waals surface area contributed by atoms with Crippen LogP contribution in [-0.4, -0.2) is 19.2 Å². The third-order valence-corrected chi connectivity index (χ3v) is 5.61. The molecule has 0 aliphatic carbocycles. The quantitative estimate of drug-likeness (QED) is 0.467. The van der Waals surface area contributed by atoms with E-state index in [1.54, 1.807) is 32.0 Å². The zero-order chi connectivity index (χ0) is 14.8. The second kappa shape index (κ2) is 6.27. The minimum absolute atomic E-state index is 0.0510. The molecule has 5 nitrogen and oxygen atoms in total. The van der Waals surface area contributed by atoms with Crippen LogP contribution in [0.1, 0.15) is 31.5 Å². The van der Waals surface area contributed by atoms with Gasteiger partial charge >= 0.3 is 13.6 Å². The molecular formula is C13H16ClO5P. The summed E-state index contributed by atoms with van der Waals surface area (Å²) in [5.74, 6) is -0.0975. The van der Waals surface area contributed by atoms with E-state index in [1.165, 1.54) is 0 Å². The van der Waals surface area contributed by atoms with Gasteiger partial charge in [-0.15, -0.1) is 0 Å². The van der Waals surface area contributed by atoms with Crippen LogP contribution in [0.3, 0.4) is 0 Å². The van der Waals surface area contributed by atoms with Gasteiger partial charge in [0.2, 0.25) is 0 Å². The van der Waals surface area contributed by atoms with Gasteiger partial charge in [-0.05, 0) is 32.0 Å². The maximum Gasteiger partial charge on any atom is 0.338 e. The highest BCUT2D eigenvalue weighted by molar-refractivity contribution is 7.54. The molecule has 1 aliphatic heterocycles. The molecule has 1 aliphatic rings. The van der Waals surface area contributed by atoms with Crippen LogP contribution in [0.25, 0.3) is 0 Å². The molecule has 0 bridgehead atoms. The van der Waals surface area contributed by atoms with Crippen molar-refractivity contribution in [1.82, 2.24) is 0 Å². The van der Waals surface area contributed by atoms with Gasteiger partial charge in [0.1, 0.15) is 11.4 Å². The largest absolute Gasteiger partial charge is 0.426 e. The van der Waals surface area contributed by atoms with Gasteiger partial charge in [-0.3, -0.25) is 9.36 Å². The molecule has 0 saturated carbocycles. The Labute approximate surface area is 122 Å². The second-order valence-electron chi connectivity index (χ2n) is 4.25. The normalized spacial score (nSPS) is 18.6. The van der Waals surface area contributed by atoms with Crippen LogP contribution in [0, 0.1) is 0 Å². The van der Waals surface area contributed by atoms with Crippen molar-refractivity contribution in [2.45, 2.75) is 25.9 Å². The molecule has 1 heterocycles. The summed E-state index contributed by atoms with van der Waals surface area (Å²) in [4.78, 5) is 11.7. The molecule has 7 heteroatoms. The zero-order valence-corrected chi connectivity index (χ0v) is 12.9. The highest BCUT2D eigenvalue weighted by Crippen LogP contribution is 2.64. The van der Waals surface area contributed by atoms with E-state index in [1.807, 2.05) is 0 Å². The van der Waals surface area contributed by atoms with Gasteiger partial charge in [0, 0.05) is 10.6 Å². The van der Waals surface area contributed by atoms with Crippen LogP contribution in [0.4, 0.5) is 0 Å². The summed E-state index contributed by atoms with van der Waals surface area (Å²) in [6.45, 7) is 3.93. The molecule has 20 heavy (non-hydrogen) atoms. The zero-order valence-electron chi connectivity index (χ0n) is 11.3. The van der Waals surface area contributed by atoms with Crippen molar-refractivity contribution in [3.8, 4) is 5.75 Å². The summed E-state index contributed by atoms with van der Waals surface area (Å²) in [5.41, 5.74) is -0.0975. The topological polar surface area (TPSA) is 61.8 Å². The van der Waals surface area contributed by atoms with Crippen molar-refractivity contribution in [2.24, 2.45) is 0 Å². The average Bonchev–Trinajstić information content (AvgIpc) is 2.39. The highest BCUT2D eigenvalue weighted by atomic mass is 35.5. The summed E-state index contributed by atoms with van der Waals surface area (Å²) < 4.78 is 28.7. The fourth-order valence-electron chi connectivity index (χ4n) is 2.16. The molecule has 1 aromatic rings. The van der Waals surface area contributed by atoms with Crippen LogP contribution in [0.2, 0.25) is 5.02 Å². The smallest absolute Gasteiger partial charge is 0.338 e. The predicted octanol–water partition coefficient (Wildman–Crippen LogP) is 3.96. The number of halogens is 1. The molecule has 110 valence electrons. The predicted molar refractivity (Wildman–Crippen MR) is 75.3 cm³/mol. The first-order valence-corrected chi connectivity index (χ1v) is 8.38. The van der Waals surface area contributed by atoms with Gasteiger partial charge in [0.05, 0.1) is 19.6 Å². The van der Waals surface area contributed by atoms with Gasteiger partial charge in [0.25, 0.3) is 0 Å². The summed E-state index contributed by atoms with van der Waals surface area (Å²) in [6, 6.07) is 4.84. The van der Waals surface area contributed by atoms with E-state index >= 15 is 0 Å². The molecule has 0 fully saturated rings. The molecule has 0 radical (unpaired) electrons. The maximum absolute atomic E-state index is 12.9. The Morgan fingerprint density at radius 1 is 1.35 bits per heavy atom. The van der Waals surface area contributed by atoms with E-state index in [0.29, 0.717) is 16.3 Å². The van der Waals surface area contributed by atoms with E-state index in [-0.39, 0.29) is 19.6 Å². The molecule has 2 rings (SSSR count). The maximum atomic E-state index is 12.9. The molecule has 0 spiro atoms. The van der Waals surface area contributed by atoms with Crippen molar-refractivity contribution in [2.75, 3.05) is 13.2 Å². The first-order chi connectivity index (χ1) is 9.50. The van der Waals surface area contributed by atoms with Crippen LogP contribution in [0.15, 0.2) is 18.2 Å². The fourth-order valence-corrected chi connectivity index (χ4v) is 4.41. The Morgan fingerprint density at radius 3 is 2.60 bits per heavy atom. The molecule has 0 N–H and O–H groups in total. The minimum atomic E-state index is -3.44. The lowest BCUT2D eigenvalue weighted by Crippen LogP contribution is -2.21. The summed E-state index contributed by atoms with van der Waals surface area (Å²) in [6.07, 6.45) is -0.0510. The number of benzene rings is 1. The number of hydrogen-bond acceptors (Lipinski definition) is 5. The Morgan fingerprint density at radius 2 is 2.00 bits per heavy atom. The van der Waals surface area contributed by atoms with Crippen molar-refractivity contribution >= 4 is 25.2 Å². The van der Waals surface area contributed by atoms with Gasteiger partial charge in [-0.1, -0.05) is 11.6 Å². The second-order valence-corrected chi connectivity index (χ2v) is 6.91. The standard InChI is InChI=1S/C13H16ClO5P/c1-3-17-20(16,18-4-2)12-8-13(15)19-11-6-5-9(14)7-10(11)12/h5-7,12H,3-4,8H2,1-2H3. The summed E-state index contributed by atoms with van der Waals surface area (Å²) >= 11 is 5.97. The number of carbonyl (C=O) groups excluding carboxylic acids is 1. The lowest BCUT2D eigenvalue weighted by molar-refractivity contribution is -0.135. The average molecular weight is 319 g/mol. The van der Waals surface area contributed by atoms with Gasteiger partial charge in [-0.2, -0.15) is 0 Å². The van der Waals surface area contributed by atoms with E-state index in [4.69, 9.17) is 25.4 Å². The molecular weight excluding hydrogens is 303 g/mol. The number of rotatable bonds is 5. The van der Waals surface area contributed by atoms with Crippen molar-refractivity contribution < 1.29 is 23.1 Å². The molecule has 1 unspecified atom stereocenters. The van der Waals surface area contributed by atoms with E-state index in [0.717, 1.165) is 0 Å². The van der Waals surface area contributed by atoms with Crippen molar-refractivity contribution in [3.63, 3.8) is 0 Å². The Kier molecular flexibility index (Phi) is 4.86. The van der Waals surface area contributed by atoms with Crippen LogP contribution < -0.4 is 4.74 Å². The van der Waals surface area contributed by atoms with Crippen LogP contribution in [-0.2, 0) is 18.4 Å². The Balaban J connectivity index is 2.48. The number of fused-ring (bicyclic) bond motifs is 1. The first kappa shape index (κ1) is 15.5. The molecule has 0 amide bonds. The number of esters is 1. The third-order valence-electron chi connectivity index (χ3n) is 2.91. The Hall–Kier alpha value is -0.870. The summed E-state index contributed by atoms with van der Waals surface area (Å²) in [7, 11) is -3.44. The minimum Gasteiger partial charge on any atom is -0.426 e. The van der Waals surface area contributed by atoms with E-state index < -0.39 is 19.2 Å². The van der Waals surface area contributed by atoms with Crippen LogP contribution in [0.5, 0.6) is 5.75 Å². The number of hydrogen-bond donors (Lipinski definition) is 0. The molecule has 1 aromatic carbocycles. The SMILES string of the molecule is CCOP(=O)(OCC)C1CC(=O)Oc2ccc(Cl)cc21. The van der Waals surface area contributed by atoms with Gasteiger partial charge in [-0.25, -0.2) is 0 Å². The molecule has 0 saturated heterocycles. The van der Waals surface area contributed by atoms with E-state index in [2.05, 4.69) is 0 Å². The third kappa shape index (κ3) is 3.07. The Bertz CT molecular complexity index is 550. The van der Waals surface area contributed by atoms with E-state index in [9.17, 15) is 9.36 Å². The lowest BCUT2D eigenvalue weighted by Gasteiger charge is -2.30. The van der Waals surface area contributed by atoms with Gasteiger partial charge < -0.3 is 13.8 Å². The van der Waals surface area contributed by atoms with Gasteiger partial charge in [0.15, 0.2) is 0 Å². The molecule has 0 aromatic heterocycles. The number of carbonyl (C=O) groups is 1. The molecule has 1 atom stereocenters. The monoisotopic (exact) mass is 318 g/mol. The first-order valence-electron chi connectivity index (χ1n) is 6.39.